The molecule has 7 heteroatoms. The van der Waals surface area contributed by atoms with Gasteiger partial charge in [-0.1, -0.05) is 23.8 Å². The molecule has 0 radical (unpaired) electrons. The predicted molar refractivity (Wildman–Crippen MR) is 116 cm³/mol. The summed E-state index contributed by atoms with van der Waals surface area (Å²) in [6, 6.07) is 11.7. The molecule has 6 nitrogen and oxygen atoms in total. The number of fused-ring (bicyclic) bond motifs is 1. The molecule has 0 saturated carbocycles. The van der Waals surface area contributed by atoms with Crippen LogP contribution in [0.2, 0.25) is 0 Å². The summed E-state index contributed by atoms with van der Waals surface area (Å²) < 4.78 is 3.21. The van der Waals surface area contributed by atoms with Crippen LogP contribution in [0, 0.1) is 20.8 Å². The van der Waals surface area contributed by atoms with Crippen molar-refractivity contribution in [1.29, 1.82) is 0 Å². The van der Waals surface area contributed by atoms with Gasteiger partial charge in [-0.05, 0) is 44.5 Å². The van der Waals surface area contributed by atoms with Crippen LogP contribution in [0.15, 0.2) is 53.6 Å². The zero-order valence-electron chi connectivity index (χ0n) is 16.6. The van der Waals surface area contributed by atoms with Crippen LogP contribution in [0.5, 0.6) is 0 Å². The number of aryl methyl sites for hydroxylation is 3. The number of thiophene rings is 1. The minimum absolute atomic E-state index is 0.112. The third-order valence-corrected chi connectivity index (χ3v) is 5.86. The lowest BCUT2D eigenvalue weighted by atomic mass is 10.0. The molecule has 0 bridgehead atoms. The summed E-state index contributed by atoms with van der Waals surface area (Å²) in [6.45, 7) is 6.84. The second-order valence-electron chi connectivity index (χ2n) is 7.14. The maximum atomic E-state index is 12.9. The Labute approximate surface area is 172 Å². The van der Waals surface area contributed by atoms with Gasteiger partial charge in [-0.15, -0.1) is 11.3 Å². The smallest absolute Gasteiger partial charge is 0.276 e. The molecule has 0 atom stereocenters. The van der Waals surface area contributed by atoms with Crippen LogP contribution in [-0.4, -0.2) is 26.6 Å². The Hall–Kier alpha value is -3.19. The topological polar surface area (TPSA) is 68.4 Å². The third kappa shape index (κ3) is 3.86. The SMILES string of the molecule is Cc1ccc(-c2cc3c(=O)n(CCNC(=O)c4ccc(C)s4)ccn3n2)c(C)c1. The number of rotatable bonds is 5. The van der Waals surface area contributed by atoms with E-state index >= 15 is 0 Å². The quantitative estimate of drug-likeness (QED) is 0.551. The average Bonchev–Trinajstić information content (AvgIpc) is 3.30. The molecule has 0 unspecified atom stereocenters. The largest absolute Gasteiger partial charge is 0.350 e. The van der Waals surface area contributed by atoms with Crippen LogP contribution in [-0.2, 0) is 6.54 Å². The summed E-state index contributed by atoms with van der Waals surface area (Å²) in [7, 11) is 0. The van der Waals surface area contributed by atoms with E-state index in [-0.39, 0.29) is 11.5 Å². The molecule has 1 N–H and O–H groups in total. The van der Waals surface area contributed by atoms with Gasteiger partial charge in [0.15, 0.2) is 0 Å². The first-order valence-corrected chi connectivity index (χ1v) is 10.2. The summed E-state index contributed by atoms with van der Waals surface area (Å²) in [5.41, 5.74) is 4.50. The molecule has 0 saturated heterocycles. The fourth-order valence-corrected chi connectivity index (χ4v) is 4.15. The van der Waals surface area contributed by atoms with E-state index in [4.69, 9.17) is 0 Å². The average molecular weight is 407 g/mol. The Balaban J connectivity index is 1.53. The normalized spacial score (nSPS) is 11.1. The zero-order chi connectivity index (χ0) is 20.5. The van der Waals surface area contributed by atoms with E-state index in [0.29, 0.717) is 23.5 Å². The summed E-state index contributed by atoms with van der Waals surface area (Å²) in [5.74, 6) is -0.112. The lowest BCUT2D eigenvalue weighted by Crippen LogP contribution is -2.30. The Morgan fingerprint density at radius 2 is 1.93 bits per heavy atom. The molecule has 4 aromatic rings. The number of nitrogens with one attached hydrogen (secondary N) is 1. The first-order valence-electron chi connectivity index (χ1n) is 9.43. The van der Waals surface area contributed by atoms with Gasteiger partial charge in [0.05, 0.1) is 10.6 Å². The van der Waals surface area contributed by atoms with Gasteiger partial charge in [-0.3, -0.25) is 9.59 Å². The van der Waals surface area contributed by atoms with Crippen LogP contribution in [0.4, 0.5) is 0 Å². The first-order chi connectivity index (χ1) is 13.9. The molecule has 1 amide bonds. The number of aromatic nitrogens is 3. The molecular weight excluding hydrogens is 384 g/mol. The molecule has 1 aromatic carbocycles. The Morgan fingerprint density at radius 1 is 1.10 bits per heavy atom. The van der Waals surface area contributed by atoms with Gasteiger partial charge >= 0.3 is 0 Å². The zero-order valence-corrected chi connectivity index (χ0v) is 17.4. The predicted octanol–water partition coefficient (Wildman–Crippen LogP) is 3.58. The van der Waals surface area contributed by atoms with Crippen LogP contribution < -0.4 is 10.9 Å². The van der Waals surface area contributed by atoms with Crippen molar-refractivity contribution in [3.8, 4) is 11.3 Å². The highest BCUT2D eigenvalue weighted by Gasteiger charge is 2.12. The fraction of sp³-hybridized carbons (Fsp3) is 0.227. The summed E-state index contributed by atoms with van der Waals surface area (Å²) in [6.07, 6.45) is 3.48. The lowest BCUT2D eigenvalue weighted by Gasteiger charge is -2.07. The van der Waals surface area contributed by atoms with Crippen molar-refractivity contribution >= 4 is 22.8 Å². The monoisotopic (exact) mass is 406 g/mol. The Bertz CT molecular complexity index is 1270. The maximum absolute atomic E-state index is 12.9. The summed E-state index contributed by atoms with van der Waals surface area (Å²) >= 11 is 1.46. The number of benzene rings is 1. The van der Waals surface area contributed by atoms with Crippen molar-refractivity contribution in [2.24, 2.45) is 0 Å². The molecule has 0 spiro atoms. The lowest BCUT2D eigenvalue weighted by molar-refractivity contribution is 0.0956. The van der Waals surface area contributed by atoms with E-state index in [2.05, 4.69) is 23.4 Å². The fourth-order valence-electron chi connectivity index (χ4n) is 3.37. The highest BCUT2D eigenvalue weighted by atomic mass is 32.1. The molecule has 4 rings (SSSR count). The molecule has 0 fully saturated rings. The number of hydrogen-bond donors (Lipinski definition) is 1. The van der Waals surface area contributed by atoms with Gasteiger partial charge in [0, 0.05) is 35.9 Å². The van der Waals surface area contributed by atoms with E-state index in [1.165, 1.54) is 16.9 Å². The molecule has 0 aliphatic carbocycles. The standard InChI is InChI=1S/C22H22N4O2S/c1-14-4-6-17(15(2)12-14)18-13-19-22(28)25(10-11-26(19)24-18)9-8-23-21(27)20-7-5-16(3)29-20/h4-7,10-13H,8-9H2,1-3H3,(H,23,27). The van der Waals surface area contributed by atoms with Gasteiger partial charge < -0.3 is 9.88 Å². The van der Waals surface area contributed by atoms with E-state index in [0.717, 1.165) is 21.7 Å². The highest BCUT2D eigenvalue weighted by molar-refractivity contribution is 7.13. The van der Waals surface area contributed by atoms with Gasteiger partial charge in [-0.2, -0.15) is 5.10 Å². The number of carbonyl (C=O) groups excluding carboxylic acids is 1. The second-order valence-corrected chi connectivity index (χ2v) is 8.43. The molecule has 29 heavy (non-hydrogen) atoms. The number of amides is 1. The van der Waals surface area contributed by atoms with Crippen LogP contribution in [0.3, 0.4) is 0 Å². The van der Waals surface area contributed by atoms with Gasteiger partial charge in [0.25, 0.3) is 11.5 Å². The summed E-state index contributed by atoms with van der Waals surface area (Å²) in [4.78, 5) is 26.8. The van der Waals surface area contributed by atoms with Crippen LogP contribution >= 0.6 is 11.3 Å². The van der Waals surface area contributed by atoms with Gasteiger partial charge in [0.2, 0.25) is 0 Å². The van der Waals surface area contributed by atoms with E-state index in [9.17, 15) is 9.59 Å². The van der Waals surface area contributed by atoms with Gasteiger partial charge in [0.1, 0.15) is 5.52 Å². The Morgan fingerprint density at radius 3 is 2.66 bits per heavy atom. The number of carbonyl (C=O) groups is 1. The van der Waals surface area contributed by atoms with E-state index in [1.54, 1.807) is 21.5 Å². The van der Waals surface area contributed by atoms with Crippen molar-refractivity contribution in [2.45, 2.75) is 27.3 Å². The molecule has 148 valence electrons. The first kappa shape index (κ1) is 19.1. The van der Waals surface area contributed by atoms with Crippen LogP contribution in [0.1, 0.15) is 25.7 Å². The van der Waals surface area contributed by atoms with E-state index < -0.39 is 0 Å². The molecule has 3 heterocycles. The number of nitrogens with zero attached hydrogens (tertiary/aromatic N) is 3. The van der Waals surface area contributed by atoms with Crippen LogP contribution in [0.25, 0.3) is 16.8 Å². The second kappa shape index (κ2) is 7.67. The highest BCUT2D eigenvalue weighted by Crippen LogP contribution is 2.23. The molecule has 3 aromatic heterocycles. The minimum atomic E-state index is -0.128. The number of hydrogen-bond acceptors (Lipinski definition) is 4. The van der Waals surface area contributed by atoms with E-state index in [1.807, 2.05) is 44.2 Å². The van der Waals surface area contributed by atoms with Crippen molar-refractivity contribution in [3.05, 3.63) is 80.0 Å². The molecule has 0 aliphatic heterocycles. The van der Waals surface area contributed by atoms with Crippen molar-refractivity contribution in [1.82, 2.24) is 19.5 Å². The third-order valence-electron chi connectivity index (χ3n) is 4.86. The van der Waals surface area contributed by atoms with Crippen molar-refractivity contribution < 1.29 is 4.79 Å². The molecule has 0 aliphatic rings. The summed E-state index contributed by atoms with van der Waals surface area (Å²) in [5, 5.41) is 7.43. The molecular formula is C22H22N4O2S. The van der Waals surface area contributed by atoms with Crippen molar-refractivity contribution in [3.63, 3.8) is 0 Å². The minimum Gasteiger partial charge on any atom is -0.350 e. The Kier molecular flexibility index (Phi) is 5.07. The van der Waals surface area contributed by atoms with Crippen molar-refractivity contribution in [2.75, 3.05) is 6.54 Å². The van der Waals surface area contributed by atoms with Gasteiger partial charge in [-0.25, -0.2) is 4.52 Å². The maximum Gasteiger partial charge on any atom is 0.276 e.